The first-order valence-corrected chi connectivity index (χ1v) is 11.9. The highest BCUT2D eigenvalue weighted by molar-refractivity contribution is 8.16. The largest absolute Gasteiger partial charge is 0.322 e. The van der Waals surface area contributed by atoms with Crippen molar-refractivity contribution in [3.63, 3.8) is 0 Å². The Bertz CT molecular complexity index is 848. The van der Waals surface area contributed by atoms with Gasteiger partial charge in [-0.2, -0.15) is 0 Å². The van der Waals surface area contributed by atoms with Crippen LogP contribution in [0.25, 0.3) is 0 Å². The number of benzene rings is 2. The summed E-state index contributed by atoms with van der Waals surface area (Å²) < 4.78 is 0.477. The van der Waals surface area contributed by atoms with Crippen LogP contribution in [0.4, 0.5) is 11.4 Å². The van der Waals surface area contributed by atoms with Crippen LogP contribution in [0, 0.1) is 0 Å². The van der Waals surface area contributed by atoms with Crippen molar-refractivity contribution >= 4 is 46.7 Å². The number of thioether (sulfide) groups is 2. The minimum atomic E-state index is -0.127. The Labute approximate surface area is 174 Å². The van der Waals surface area contributed by atoms with Crippen molar-refractivity contribution in [1.82, 2.24) is 0 Å². The first kappa shape index (κ1) is 19.4. The second kappa shape index (κ2) is 9.05. The molecule has 1 N–H and O–H groups in total. The van der Waals surface area contributed by atoms with Crippen LogP contribution < -0.4 is 10.2 Å². The van der Waals surface area contributed by atoms with Gasteiger partial charge < -0.3 is 10.2 Å². The number of carbonyl (C=O) groups is 2. The van der Waals surface area contributed by atoms with Gasteiger partial charge in [0.25, 0.3) is 5.91 Å². The van der Waals surface area contributed by atoms with Crippen LogP contribution in [0.15, 0.2) is 48.5 Å². The molecule has 4 rings (SSSR count). The minimum Gasteiger partial charge on any atom is -0.322 e. The molecule has 2 aliphatic rings. The fourth-order valence-electron chi connectivity index (χ4n) is 3.51. The molecule has 2 heterocycles. The zero-order chi connectivity index (χ0) is 19.3. The van der Waals surface area contributed by atoms with Crippen molar-refractivity contribution in [2.24, 2.45) is 0 Å². The summed E-state index contributed by atoms with van der Waals surface area (Å²) in [5, 5.41) is 2.96. The lowest BCUT2D eigenvalue weighted by molar-refractivity contribution is -0.119. The number of nitrogens with one attached hydrogen (secondary N) is 1. The van der Waals surface area contributed by atoms with E-state index in [2.05, 4.69) is 17.4 Å². The van der Waals surface area contributed by atoms with Gasteiger partial charge in [0.05, 0.1) is 4.58 Å². The first-order chi connectivity index (χ1) is 13.7. The monoisotopic (exact) mass is 412 g/mol. The van der Waals surface area contributed by atoms with E-state index < -0.39 is 0 Å². The van der Waals surface area contributed by atoms with Gasteiger partial charge >= 0.3 is 0 Å². The molecule has 28 heavy (non-hydrogen) atoms. The number of rotatable bonds is 4. The van der Waals surface area contributed by atoms with E-state index in [1.54, 1.807) is 0 Å². The van der Waals surface area contributed by atoms with E-state index in [9.17, 15) is 9.59 Å². The van der Waals surface area contributed by atoms with Gasteiger partial charge in [0.1, 0.15) is 0 Å². The van der Waals surface area contributed by atoms with Crippen molar-refractivity contribution < 1.29 is 9.59 Å². The second-order valence-corrected chi connectivity index (χ2v) is 9.78. The molecule has 2 aromatic carbocycles. The maximum Gasteiger partial charge on any atom is 0.255 e. The maximum absolute atomic E-state index is 12.7. The van der Waals surface area contributed by atoms with Crippen LogP contribution >= 0.6 is 23.5 Å². The number of piperidine rings is 1. The number of anilines is 2. The predicted octanol–water partition coefficient (Wildman–Crippen LogP) is 5.32. The van der Waals surface area contributed by atoms with Gasteiger partial charge in [-0.1, -0.05) is 18.2 Å². The Kier molecular flexibility index (Phi) is 6.27. The molecular formula is C22H24N2O2S2. The number of carbonyl (C=O) groups excluding carboxylic acids is 2. The average Bonchev–Trinajstić information content (AvgIpc) is 2.75. The van der Waals surface area contributed by atoms with Crippen LogP contribution in [-0.2, 0) is 4.79 Å². The quantitative estimate of drug-likeness (QED) is 0.738. The molecule has 2 amide bonds. The Morgan fingerprint density at radius 3 is 2.54 bits per heavy atom. The lowest BCUT2D eigenvalue weighted by Crippen LogP contribution is -2.35. The van der Waals surface area contributed by atoms with Gasteiger partial charge in [0.15, 0.2) is 0 Å². The highest BCUT2D eigenvalue weighted by Gasteiger charge is 2.20. The third kappa shape index (κ3) is 4.55. The van der Waals surface area contributed by atoms with E-state index >= 15 is 0 Å². The fraction of sp³-hybridized carbons (Fsp3) is 0.364. The normalized spacial score (nSPS) is 18.1. The number of nitrogens with zero attached hydrogens (tertiary/aromatic N) is 1. The van der Waals surface area contributed by atoms with Gasteiger partial charge in [-0.05, 0) is 66.7 Å². The van der Waals surface area contributed by atoms with Crippen LogP contribution in [0.3, 0.4) is 0 Å². The Hall–Kier alpha value is -1.92. The smallest absolute Gasteiger partial charge is 0.255 e. The Morgan fingerprint density at radius 2 is 1.79 bits per heavy atom. The van der Waals surface area contributed by atoms with E-state index in [0.717, 1.165) is 25.1 Å². The predicted molar refractivity (Wildman–Crippen MR) is 119 cm³/mol. The van der Waals surface area contributed by atoms with E-state index in [0.29, 0.717) is 22.3 Å². The topological polar surface area (TPSA) is 49.4 Å². The van der Waals surface area contributed by atoms with Gasteiger partial charge in [0.2, 0.25) is 5.91 Å². The second-order valence-electron chi connectivity index (χ2n) is 7.06. The Morgan fingerprint density at radius 1 is 1.00 bits per heavy atom. The summed E-state index contributed by atoms with van der Waals surface area (Å²) in [6, 6.07) is 15.5. The molecule has 6 heteroatoms. The molecule has 0 saturated carbocycles. The molecule has 0 bridgehead atoms. The molecule has 0 radical (unpaired) electrons. The first-order valence-electron chi connectivity index (χ1n) is 9.76. The molecule has 146 valence electrons. The molecular weight excluding hydrogens is 388 g/mol. The molecule has 0 spiro atoms. The molecule has 2 aliphatic heterocycles. The maximum atomic E-state index is 12.7. The van der Waals surface area contributed by atoms with Crippen molar-refractivity contribution in [2.45, 2.75) is 30.3 Å². The summed E-state index contributed by atoms with van der Waals surface area (Å²) >= 11 is 3.96. The van der Waals surface area contributed by atoms with Gasteiger partial charge in [-0.25, -0.2) is 0 Å². The van der Waals surface area contributed by atoms with Crippen LogP contribution in [0.2, 0.25) is 0 Å². The molecule has 2 aromatic rings. The standard InChI is InChI=1S/C22H24N2O2S2/c25-20-7-1-2-12-24(20)19-6-3-5-18(15-19)23-21(26)16-8-10-17(11-9-16)22-27-13-4-14-28-22/h3,5-6,8-11,15,22H,1-2,4,7,12-14H2,(H,23,26). The highest BCUT2D eigenvalue weighted by atomic mass is 32.2. The summed E-state index contributed by atoms with van der Waals surface area (Å²) in [5.41, 5.74) is 3.48. The highest BCUT2D eigenvalue weighted by Crippen LogP contribution is 2.43. The van der Waals surface area contributed by atoms with E-state index in [1.165, 1.54) is 23.5 Å². The van der Waals surface area contributed by atoms with E-state index in [1.807, 2.05) is 64.8 Å². The third-order valence-electron chi connectivity index (χ3n) is 5.01. The van der Waals surface area contributed by atoms with Gasteiger partial charge in [0, 0.05) is 29.9 Å². The lowest BCUT2D eigenvalue weighted by Gasteiger charge is -2.27. The van der Waals surface area contributed by atoms with E-state index in [4.69, 9.17) is 0 Å². The fourth-order valence-corrected chi connectivity index (χ4v) is 6.40. The van der Waals surface area contributed by atoms with Crippen molar-refractivity contribution in [1.29, 1.82) is 0 Å². The molecule has 0 atom stereocenters. The average molecular weight is 413 g/mol. The van der Waals surface area contributed by atoms with Crippen molar-refractivity contribution in [3.8, 4) is 0 Å². The van der Waals surface area contributed by atoms with Crippen LogP contribution in [0.5, 0.6) is 0 Å². The molecule has 0 aliphatic carbocycles. The molecule has 2 saturated heterocycles. The third-order valence-corrected chi connectivity index (χ3v) is 8.03. The summed E-state index contributed by atoms with van der Waals surface area (Å²) in [5.74, 6) is 2.44. The molecule has 2 fully saturated rings. The zero-order valence-corrected chi connectivity index (χ0v) is 17.4. The molecule has 0 aromatic heterocycles. The number of amides is 2. The summed E-state index contributed by atoms with van der Waals surface area (Å²) in [6.45, 7) is 0.745. The van der Waals surface area contributed by atoms with Gasteiger partial charge in [-0.3, -0.25) is 9.59 Å². The molecule has 4 nitrogen and oxygen atoms in total. The van der Waals surface area contributed by atoms with Crippen molar-refractivity contribution in [3.05, 3.63) is 59.7 Å². The Balaban J connectivity index is 1.43. The van der Waals surface area contributed by atoms with Gasteiger partial charge in [-0.15, -0.1) is 23.5 Å². The van der Waals surface area contributed by atoms with Crippen LogP contribution in [0.1, 0.15) is 46.2 Å². The minimum absolute atomic E-state index is 0.127. The van der Waals surface area contributed by atoms with Crippen molar-refractivity contribution in [2.75, 3.05) is 28.3 Å². The SMILES string of the molecule is O=C(Nc1cccc(N2CCCCC2=O)c1)c1ccc(C2SCCCS2)cc1. The lowest BCUT2D eigenvalue weighted by atomic mass is 10.1. The summed E-state index contributed by atoms with van der Waals surface area (Å²) in [6.07, 6.45) is 3.85. The summed E-state index contributed by atoms with van der Waals surface area (Å²) in [7, 11) is 0. The number of hydrogen-bond acceptors (Lipinski definition) is 4. The number of hydrogen-bond donors (Lipinski definition) is 1. The zero-order valence-electron chi connectivity index (χ0n) is 15.7. The summed E-state index contributed by atoms with van der Waals surface area (Å²) in [4.78, 5) is 26.6. The van der Waals surface area contributed by atoms with E-state index in [-0.39, 0.29) is 11.8 Å². The van der Waals surface area contributed by atoms with Crippen LogP contribution in [-0.4, -0.2) is 29.9 Å². The molecule has 0 unspecified atom stereocenters.